The van der Waals surface area contributed by atoms with E-state index in [2.05, 4.69) is 0 Å². The molecule has 0 atom stereocenters. The minimum Gasteiger partial charge on any atom is -0.402 e. The lowest BCUT2D eigenvalue weighted by Crippen LogP contribution is -2.31. The molecule has 0 unspecified atom stereocenters. The van der Waals surface area contributed by atoms with E-state index in [0.717, 1.165) is 10.5 Å². The highest BCUT2D eigenvalue weighted by atomic mass is 16.6. The fraction of sp³-hybridized carbons (Fsp3) is 0.222. The summed E-state index contributed by atoms with van der Waals surface area (Å²) in [4.78, 5) is 27.6. The van der Waals surface area contributed by atoms with E-state index in [-0.39, 0.29) is 11.7 Å². The molecule has 0 N–H and O–H groups in total. The lowest BCUT2D eigenvalue weighted by Gasteiger charge is -2.22. The minimum atomic E-state index is -0.604. The van der Waals surface area contributed by atoms with Crippen LogP contribution in [0.5, 0.6) is 0 Å². The molecular formula is C18H18N2O3. The second kappa shape index (κ2) is 6.52. The van der Waals surface area contributed by atoms with Crippen molar-refractivity contribution < 1.29 is 14.3 Å². The molecule has 1 saturated heterocycles. The molecule has 118 valence electrons. The first-order valence-corrected chi connectivity index (χ1v) is 7.64. The fourth-order valence-corrected chi connectivity index (χ4v) is 2.59. The van der Waals surface area contributed by atoms with Crippen LogP contribution >= 0.6 is 0 Å². The van der Waals surface area contributed by atoms with Gasteiger partial charge in [0, 0.05) is 19.3 Å². The Morgan fingerprint density at radius 2 is 1.87 bits per heavy atom. The van der Waals surface area contributed by atoms with Crippen LogP contribution in [0.1, 0.15) is 12.5 Å². The largest absolute Gasteiger partial charge is 0.422 e. The SMILES string of the molecule is CCN1C=CC=CC1=C1OC(=O)N(CCc2ccccc2)C1=O. The van der Waals surface area contributed by atoms with Gasteiger partial charge in [-0.25, -0.2) is 9.69 Å². The molecule has 0 aliphatic carbocycles. The van der Waals surface area contributed by atoms with Crippen LogP contribution in [-0.2, 0) is 16.0 Å². The van der Waals surface area contributed by atoms with Gasteiger partial charge in [-0.1, -0.05) is 36.4 Å². The first-order chi connectivity index (χ1) is 11.2. The summed E-state index contributed by atoms with van der Waals surface area (Å²) in [6, 6.07) is 9.75. The fourth-order valence-electron chi connectivity index (χ4n) is 2.59. The zero-order valence-corrected chi connectivity index (χ0v) is 12.9. The highest BCUT2D eigenvalue weighted by Gasteiger charge is 2.38. The molecule has 0 radical (unpaired) electrons. The summed E-state index contributed by atoms with van der Waals surface area (Å²) in [5.74, 6) is -0.273. The topological polar surface area (TPSA) is 49.9 Å². The molecule has 5 heteroatoms. The van der Waals surface area contributed by atoms with Crippen LogP contribution in [0.15, 0.2) is 66.2 Å². The molecule has 2 aliphatic rings. The van der Waals surface area contributed by atoms with Gasteiger partial charge in [0.25, 0.3) is 0 Å². The van der Waals surface area contributed by atoms with Gasteiger partial charge in [0.15, 0.2) is 0 Å². The number of rotatable bonds is 4. The maximum atomic E-state index is 12.5. The van der Waals surface area contributed by atoms with Gasteiger partial charge in [0.1, 0.15) is 0 Å². The van der Waals surface area contributed by atoms with Crippen LogP contribution in [0.3, 0.4) is 0 Å². The van der Waals surface area contributed by atoms with E-state index in [1.54, 1.807) is 6.08 Å². The van der Waals surface area contributed by atoms with Crippen LogP contribution < -0.4 is 0 Å². The summed E-state index contributed by atoms with van der Waals surface area (Å²) in [5.41, 5.74) is 1.69. The average Bonchev–Trinajstić information content (AvgIpc) is 2.88. The van der Waals surface area contributed by atoms with E-state index < -0.39 is 6.09 Å². The number of hydrogen-bond acceptors (Lipinski definition) is 4. The van der Waals surface area contributed by atoms with Gasteiger partial charge in [-0.15, -0.1) is 0 Å². The Hall–Kier alpha value is -2.82. The molecule has 1 aromatic carbocycles. The van der Waals surface area contributed by atoms with Crippen molar-refractivity contribution in [3.8, 4) is 0 Å². The Kier molecular flexibility index (Phi) is 4.28. The predicted molar refractivity (Wildman–Crippen MR) is 86.0 cm³/mol. The van der Waals surface area contributed by atoms with Gasteiger partial charge in [0.05, 0.1) is 5.70 Å². The Bertz CT molecular complexity index is 704. The number of carbonyl (C=O) groups excluding carboxylic acids is 2. The minimum absolute atomic E-state index is 0.102. The maximum Gasteiger partial charge on any atom is 0.422 e. The second-order valence-electron chi connectivity index (χ2n) is 5.26. The van der Waals surface area contributed by atoms with Crippen LogP contribution in [0.4, 0.5) is 4.79 Å². The number of amides is 2. The van der Waals surface area contributed by atoms with Gasteiger partial charge < -0.3 is 9.64 Å². The van der Waals surface area contributed by atoms with Crippen LogP contribution in [0.2, 0.25) is 0 Å². The number of imide groups is 1. The lowest BCUT2D eigenvalue weighted by molar-refractivity contribution is -0.123. The van der Waals surface area contributed by atoms with Crippen molar-refractivity contribution in [2.24, 2.45) is 0 Å². The molecule has 2 aliphatic heterocycles. The number of ether oxygens (including phenoxy) is 1. The molecule has 0 saturated carbocycles. The third kappa shape index (κ3) is 3.04. The third-order valence-electron chi connectivity index (χ3n) is 3.83. The number of nitrogens with zero attached hydrogens (tertiary/aromatic N) is 2. The van der Waals surface area contributed by atoms with Gasteiger partial charge in [-0.3, -0.25) is 4.79 Å². The van der Waals surface area contributed by atoms with E-state index in [0.29, 0.717) is 25.2 Å². The summed E-state index contributed by atoms with van der Waals surface area (Å²) in [5, 5.41) is 0. The number of likely N-dealkylation sites (N-methyl/N-ethyl adjacent to an activating group) is 1. The van der Waals surface area contributed by atoms with Crippen molar-refractivity contribution in [1.29, 1.82) is 0 Å². The Morgan fingerprint density at radius 1 is 1.09 bits per heavy atom. The Balaban J connectivity index is 1.77. The summed E-state index contributed by atoms with van der Waals surface area (Å²) in [6.07, 6.45) is 7.34. The number of benzene rings is 1. The first-order valence-electron chi connectivity index (χ1n) is 7.64. The quantitative estimate of drug-likeness (QED) is 0.802. The highest BCUT2D eigenvalue weighted by Crippen LogP contribution is 2.25. The molecule has 0 spiro atoms. The molecule has 2 amide bonds. The summed E-state index contributed by atoms with van der Waals surface area (Å²) >= 11 is 0. The molecule has 3 rings (SSSR count). The van der Waals surface area contributed by atoms with Crippen molar-refractivity contribution in [3.05, 3.63) is 71.8 Å². The summed E-state index contributed by atoms with van der Waals surface area (Å²) < 4.78 is 5.24. The first kappa shape index (κ1) is 15.1. The monoisotopic (exact) mass is 310 g/mol. The van der Waals surface area contributed by atoms with Crippen molar-refractivity contribution >= 4 is 12.0 Å². The number of carbonyl (C=O) groups is 2. The van der Waals surface area contributed by atoms with Gasteiger partial charge in [-0.2, -0.15) is 0 Å². The molecule has 5 nitrogen and oxygen atoms in total. The van der Waals surface area contributed by atoms with E-state index in [1.807, 2.05) is 60.5 Å². The normalized spacial score (nSPS) is 20.4. The zero-order valence-electron chi connectivity index (χ0n) is 12.9. The number of cyclic esters (lactones) is 1. The van der Waals surface area contributed by atoms with Crippen LogP contribution in [0, 0.1) is 0 Å². The van der Waals surface area contributed by atoms with Gasteiger partial charge >= 0.3 is 12.0 Å². The molecule has 1 fully saturated rings. The van der Waals surface area contributed by atoms with Crippen LogP contribution in [0.25, 0.3) is 0 Å². The maximum absolute atomic E-state index is 12.5. The molecule has 0 aromatic heterocycles. The zero-order chi connectivity index (χ0) is 16.2. The lowest BCUT2D eigenvalue weighted by atomic mass is 10.1. The van der Waals surface area contributed by atoms with E-state index >= 15 is 0 Å². The Morgan fingerprint density at radius 3 is 2.61 bits per heavy atom. The third-order valence-corrected chi connectivity index (χ3v) is 3.83. The van der Waals surface area contributed by atoms with E-state index in [9.17, 15) is 9.59 Å². The standard InChI is InChI=1S/C18H18N2O3/c1-2-19-12-7-6-10-15(19)16-17(21)20(18(22)23-16)13-11-14-8-4-3-5-9-14/h3-10,12H,2,11,13H2,1H3. The van der Waals surface area contributed by atoms with E-state index in [4.69, 9.17) is 4.74 Å². The predicted octanol–water partition coefficient (Wildman–Crippen LogP) is 2.82. The number of allylic oxidation sites excluding steroid dienone is 3. The molecule has 2 heterocycles. The molecule has 23 heavy (non-hydrogen) atoms. The smallest absolute Gasteiger partial charge is 0.402 e. The van der Waals surface area contributed by atoms with Crippen molar-refractivity contribution in [2.45, 2.75) is 13.3 Å². The second-order valence-corrected chi connectivity index (χ2v) is 5.26. The van der Waals surface area contributed by atoms with Crippen molar-refractivity contribution in [3.63, 3.8) is 0 Å². The van der Waals surface area contributed by atoms with Crippen molar-refractivity contribution in [1.82, 2.24) is 9.80 Å². The summed E-state index contributed by atoms with van der Waals surface area (Å²) in [6.45, 7) is 2.97. The van der Waals surface area contributed by atoms with Gasteiger partial charge in [-0.05, 0) is 31.1 Å². The van der Waals surface area contributed by atoms with E-state index in [1.165, 1.54) is 0 Å². The summed E-state index contributed by atoms with van der Waals surface area (Å²) in [7, 11) is 0. The Labute approximate surface area is 135 Å². The van der Waals surface area contributed by atoms with Crippen LogP contribution in [-0.4, -0.2) is 34.9 Å². The number of hydrogen-bond donors (Lipinski definition) is 0. The molecule has 1 aromatic rings. The van der Waals surface area contributed by atoms with Crippen molar-refractivity contribution in [2.75, 3.05) is 13.1 Å². The van der Waals surface area contributed by atoms with Gasteiger partial charge in [0.2, 0.25) is 5.76 Å². The average molecular weight is 310 g/mol. The molecule has 0 bridgehead atoms. The highest BCUT2D eigenvalue weighted by molar-refractivity contribution is 6.08. The molecular weight excluding hydrogens is 292 g/mol.